The number of thiol groups is 1. The molecule has 2 N–H and O–H groups in total. The van der Waals surface area contributed by atoms with Crippen LogP contribution in [-0.4, -0.2) is 6.04 Å². The molecule has 0 aliphatic heterocycles. The maximum atomic E-state index is 4.31. The van der Waals surface area contributed by atoms with E-state index in [0.29, 0.717) is 6.04 Å². The van der Waals surface area contributed by atoms with Crippen molar-refractivity contribution < 1.29 is 0 Å². The summed E-state index contributed by atoms with van der Waals surface area (Å²) >= 11 is 4.31. The number of rotatable bonds is 4. The quantitative estimate of drug-likeness (QED) is 0.705. The third-order valence-electron chi connectivity index (χ3n) is 4.31. The fourth-order valence-corrected chi connectivity index (χ4v) is 3.13. The topological polar surface area (TPSA) is 24.1 Å². The van der Waals surface area contributed by atoms with Gasteiger partial charge < -0.3 is 10.6 Å². The molecular weight excluding hydrogens is 276 g/mol. The van der Waals surface area contributed by atoms with Gasteiger partial charge in [0.05, 0.1) is 11.4 Å². The molecule has 0 radical (unpaired) electrons. The molecule has 0 amide bonds. The predicted octanol–water partition coefficient (Wildman–Crippen LogP) is 4.65. The Kier molecular flexibility index (Phi) is 4.11. The van der Waals surface area contributed by atoms with Crippen LogP contribution in [0, 0.1) is 0 Å². The second-order valence-corrected chi connectivity index (χ2v) is 6.37. The summed E-state index contributed by atoms with van der Waals surface area (Å²) in [5.41, 5.74) is 5.32. The first kappa shape index (κ1) is 14.3. The van der Waals surface area contributed by atoms with E-state index in [2.05, 4.69) is 36.4 Å². The van der Waals surface area contributed by atoms with Crippen molar-refractivity contribution in [3.05, 3.63) is 60.0 Å². The molecule has 110 valence electrons. The molecule has 0 aromatic heterocycles. The summed E-state index contributed by atoms with van der Waals surface area (Å²) in [5, 5.41) is 7.11. The maximum absolute atomic E-state index is 4.31. The first-order chi connectivity index (χ1) is 10.1. The largest absolute Gasteiger partial charge is 0.380 e. The highest BCUT2D eigenvalue weighted by atomic mass is 32.1. The molecule has 1 fully saturated rings. The van der Waals surface area contributed by atoms with E-state index in [-0.39, 0.29) is 0 Å². The molecule has 3 rings (SSSR count). The van der Waals surface area contributed by atoms with Crippen molar-refractivity contribution in [3.8, 4) is 0 Å². The van der Waals surface area contributed by atoms with Crippen LogP contribution in [-0.2, 0) is 0 Å². The second kappa shape index (κ2) is 6.02. The van der Waals surface area contributed by atoms with Gasteiger partial charge in [0.25, 0.3) is 0 Å². The number of anilines is 1. The van der Waals surface area contributed by atoms with E-state index in [1.165, 1.54) is 32.1 Å². The van der Waals surface area contributed by atoms with Gasteiger partial charge in [0.2, 0.25) is 0 Å². The normalized spacial score (nSPS) is 19.5. The second-order valence-electron chi connectivity index (χ2n) is 5.86. The zero-order valence-electron chi connectivity index (χ0n) is 12.3. The van der Waals surface area contributed by atoms with E-state index in [1.54, 1.807) is 0 Å². The third-order valence-corrected chi connectivity index (χ3v) is 4.61. The fourth-order valence-electron chi connectivity index (χ4n) is 2.98. The lowest BCUT2D eigenvalue weighted by Crippen LogP contribution is -2.36. The standard InChI is InChI=1S/C18H22N2S/c1-12-13(2)18(20-15-8-10-16(21)11-9-15)17(12)19-14-6-4-3-5-7-14/h8-11,14,19-21H,1-7H2. The summed E-state index contributed by atoms with van der Waals surface area (Å²) < 4.78 is 0. The molecule has 1 aromatic rings. The van der Waals surface area contributed by atoms with Gasteiger partial charge in [0, 0.05) is 27.8 Å². The van der Waals surface area contributed by atoms with Crippen LogP contribution in [0.15, 0.2) is 64.9 Å². The van der Waals surface area contributed by atoms with E-state index in [1.807, 2.05) is 24.3 Å². The third kappa shape index (κ3) is 3.03. The minimum absolute atomic E-state index is 0.579. The Morgan fingerprint density at radius 1 is 0.905 bits per heavy atom. The molecule has 1 saturated carbocycles. The molecule has 2 nitrogen and oxygen atoms in total. The van der Waals surface area contributed by atoms with Gasteiger partial charge in [0.15, 0.2) is 0 Å². The van der Waals surface area contributed by atoms with Crippen LogP contribution in [0.5, 0.6) is 0 Å². The van der Waals surface area contributed by atoms with Crippen molar-refractivity contribution in [1.82, 2.24) is 5.32 Å². The zero-order valence-corrected chi connectivity index (χ0v) is 13.2. The molecule has 0 unspecified atom stereocenters. The number of hydrogen-bond acceptors (Lipinski definition) is 3. The first-order valence-electron chi connectivity index (χ1n) is 7.61. The Hall–Kier alpha value is -1.61. The van der Waals surface area contributed by atoms with Gasteiger partial charge >= 0.3 is 0 Å². The van der Waals surface area contributed by atoms with Crippen molar-refractivity contribution in [2.75, 3.05) is 5.32 Å². The Labute approximate surface area is 132 Å². The molecule has 0 spiro atoms. The smallest absolute Gasteiger partial charge is 0.0700 e. The van der Waals surface area contributed by atoms with Crippen LogP contribution < -0.4 is 10.6 Å². The van der Waals surface area contributed by atoms with Gasteiger partial charge in [-0.1, -0.05) is 32.4 Å². The Balaban J connectivity index is 1.75. The monoisotopic (exact) mass is 298 g/mol. The summed E-state index contributed by atoms with van der Waals surface area (Å²) in [5.74, 6) is 0. The van der Waals surface area contributed by atoms with Crippen LogP contribution in [0.4, 0.5) is 5.69 Å². The van der Waals surface area contributed by atoms with Crippen LogP contribution in [0.3, 0.4) is 0 Å². The van der Waals surface area contributed by atoms with Crippen LogP contribution in [0.1, 0.15) is 32.1 Å². The SMILES string of the molecule is C=C1C(=C)C(NC2CCCCC2)=C1Nc1ccc(S)cc1. The van der Waals surface area contributed by atoms with E-state index >= 15 is 0 Å². The van der Waals surface area contributed by atoms with Crippen LogP contribution in [0.25, 0.3) is 0 Å². The van der Waals surface area contributed by atoms with Gasteiger partial charge in [-0.2, -0.15) is 0 Å². The summed E-state index contributed by atoms with van der Waals surface area (Å²) in [7, 11) is 0. The molecule has 0 heterocycles. The minimum Gasteiger partial charge on any atom is -0.380 e. The maximum Gasteiger partial charge on any atom is 0.0700 e. The summed E-state index contributed by atoms with van der Waals surface area (Å²) in [6.45, 7) is 8.23. The Bertz CT molecular complexity index is 592. The average molecular weight is 298 g/mol. The fraction of sp³-hybridized carbons (Fsp3) is 0.333. The zero-order chi connectivity index (χ0) is 14.8. The molecule has 0 saturated heterocycles. The number of hydrogen-bond donors (Lipinski definition) is 3. The summed E-state index contributed by atoms with van der Waals surface area (Å²) in [6, 6.07) is 8.60. The van der Waals surface area contributed by atoms with Crippen molar-refractivity contribution >= 4 is 18.3 Å². The Morgan fingerprint density at radius 2 is 1.52 bits per heavy atom. The van der Waals surface area contributed by atoms with Crippen LogP contribution in [0.2, 0.25) is 0 Å². The first-order valence-corrected chi connectivity index (χ1v) is 8.05. The van der Waals surface area contributed by atoms with Gasteiger partial charge in [-0.05, 0) is 37.1 Å². The summed E-state index contributed by atoms with van der Waals surface area (Å²) in [4.78, 5) is 0.965. The number of allylic oxidation sites excluding steroid dienone is 2. The lowest BCUT2D eigenvalue weighted by atomic mass is 9.87. The highest BCUT2D eigenvalue weighted by Gasteiger charge is 2.28. The van der Waals surface area contributed by atoms with Gasteiger partial charge in [-0.25, -0.2) is 0 Å². The predicted molar refractivity (Wildman–Crippen MR) is 92.6 cm³/mol. The van der Waals surface area contributed by atoms with Crippen molar-refractivity contribution in [3.63, 3.8) is 0 Å². The minimum atomic E-state index is 0.579. The molecule has 0 atom stereocenters. The molecule has 2 aliphatic rings. The average Bonchev–Trinajstić information content (AvgIpc) is 2.53. The molecular formula is C18H22N2S. The van der Waals surface area contributed by atoms with E-state index < -0.39 is 0 Å². The lowest BCUT2D eigenvalue weighted by Gasteiger charge is -2.35. The molecule has 2 aliphatic carbocycles. The van der Waals surface area contributed by atoms with Gasteiger partial charge in [-0.15, -0.1) is 12.6 Å². The molecule has 0 bridgehead atoms. The van der Waals surface area contributed by atoms with Gasteiger partial charge in [-0.3, -0.25) is 0 Å². The number of benzene rings is 1. The number of nitrogens with one attached hydrogen (secondary N) is 2. The van der Waals surface area contributed by atoms with Gasteiger partial charge in [0.1, 0.15) is 0 Å². The molecule has 3 heteroatoms. The van der Waals surface area contributed by atoms with E-state index in [4.69, 9.17) is 0 Å². The highest BCUT2D eigenvalue weighted by molar-refractivity contribution is 7.80. The van der Waals surface area contributed by atoms with E-state index in [9.17, 15) is 0 Å². The highest BCUT2D eigenvalue weighted by Crippen LogP contribution is 2.37. The summed E-state index contributed by atoms with van der Waals surface area (Å²) in [6.07, 6.45) is 6.52. The van der Waals surface area contributed by atoms with Crippen molar-refractivity contribution in [2.45, 2.75) is 43.0 Å². The lowest BCUT2D eigenvalue weighted by molar-refractivity contribution is 0.396. The van der Waals surface area contributed by atoms with Crippen molar-refractivity contribution in [1.29, 1.82) is 0 Å². The van der Waals surface area contributed by atoms with Crippen LogP contribution >= 0.6 is 12.6 Å². The molecule has 1 aromatic carbocycles. The van der Waals surface area contributed by atoms with E-state index in [0.717, 1.165) is 33.1 Å². The van der Waals surface area contributed by atoms with Crippen molar-refractivity contribution in [2.24, 2.45) is 0 Å². The molecule has 21 heavy (non-hydrogen) atoms. The Morgan fingerprint density at radius 3 is 2.19 bits per heavy atom.